The van der Waals surface area contributed by atoms with Crippen molar-refractivity contribution in [3.05, 3.63) is 11.7 Å². The summed E-state index contributed by atoms with van der Waals surface area (Å²) >= 11 is 0. The lowest BCUT2D eigenvalue weighted by molar-refractivity contribution is -0.128. The first-order valence-electron chi connectivity index (χ1n) is 4.46. The van der Waals surface area contributed by atoms with Crippen molar-refractivity contribution >= 4 is 0 Å². The van der Waals surface area contributed by atoms with Gasteiger partial charge in [0.25, 0.3) is 0 Å². The lowest BCUT2D eigenvalue weighted by atomic mass is 10.2. The molecule has 4 nitrogen and oxygen atoms in total. The minimum Gasteiger partial charge on any atom is -0.339 e. The van der Waals surface area contributed by atoms with Gasteiger partial charge in [-0.2, -0.15) is 18.2 Å². The summed E-state index contributed by atoms with van der Waals surface area (Å²) in [5.41, 5.74) is 0. The van der Waals surface area contributed by atoms with Gasteiger partial charge in [0.2, 0.25) is 5.89 Å². The predicted molar refractivity (Wildman–Crippen MR) is 46.3 cm³/mol. The van der Waals surface area contributed by atoms with Crippen LogP contribution in [-0.2, 0) is 12.8 Å². The molecule has 0 bridgehead atoms. The third-order valence-corrected chi connectivity index (χ3v) is 1.84. The normalized spacial score (nSPS) is 14.2. The fourth-order valence-electron chi connectivity index (χ4n) is 0.988. The number of hydrogen-bond donors (Lipinski definition) is 1. The van der Waals surface area contributed by atoms with Crippen molar-refractivity contribution in [1.82, 2.24) is 15.5 Å². The fourth-order valence-corrected chi connectivity index (χ4v) is 0.988. The van der Waals surface area contributed by atoms with E-state index in [9.17, 15) is 13.2 Å². The minimum atomic E-state index is -4.30. The van der Waals surface area contributed by atoms with Gasteiger partial charge in [-0.3, -0.25) is 0 Å². The van der Waals surface area contributed by atoms with E-state index in [-0.39, 0.29) is 17.8 Å². The zero-order chi connectivity index (χ0) is 11.5. The molecule has 0 fully saturated rings. The summed E-state index contributed by atoms with van der Waals surface area (Å²) in [7, 11) is 1.75. The van der Waals surface area contributed by atoms with Gasteiger partial charge in [0, 0.05) is 12.5 Å². The molecule has 0 aliphatic rings. The lowest BCUT2D eigenvalue weighted by Gasteiger charge is -2.04. The maximum Gasteiger partial charge on any atom is 0.396 e. The van der Waals surface area contributed by atoms with E-state index in [0.29, 0.717) is 6.42 Å². The van der Waals surface area contributed by atoms with Crippen LogP contribution < -0.4 is 5.32 Å². The molecular weight excluding hydrogens is 211 g/mol. The van der Waals surface area contributed by atoms with E-state index in [2.05, 4.69) is 20.0 Å². The van der Waals surface area contributed by atoms with Gasteiger partial charge in [-0.25, -0.2) is 0 Å². The standard InChI is InChI=1S/C8H12F3N3O/c1-5(12-2)3-7-13-6(14-15-7)4-8(9,10)11/h5,12H,3-4H2,1-2H3. The molecule has 7 heteroatoms. The number of likely N-dealkylation sites (N-methyl/N-ethyl adjacent to an activating group) is 1. The summed E-state index contributed by atoms with van der Waals surface area (Å²) in [5.74, 6) is -0.100. The molecule has 1 unspecified atom stereocenters. The Morgan fingerprint density at radius 1 is 1.47 bits per heavy atom. The van der Waals surface area contributed by atoms with Crippen molar-refractivity contribution in [2.45, 2.75) is 32.0 Å². The fraction of sp³-hybridized carbons (Fsp3) is 0.750. The summed E-state index contributed by atoms with van der Waals surface area (Å²) in [4.78, 5) is 3.65. The second-order valence-corrected chi connectivity index (χ2v) is 3.29. The van der Waals surface area contributed by atoms with Crippen molar-refractivity contribution in [1.29, 1.82) is 0 Å². The second-order valence-electron chi connectivity index (χ2n) is 3.29. The summed E-state index contributed by atoms with van der Waals surface area (Å²) in [6.45, 7) is 1.87. The average molecular weight is 223 g/mol. The van der Waals surface area contributed by atoms with Gasteiger partial charge in [0.1, 0.15) is 6.42 Å². The van der Waals surface area contributed by atoms with Crippen LogP contribution in [0.4, 0.5) is 13.2 Å². The zero-order valence-corrected chi connectivity index (χ0v) is 8.43. The molecule has 1 atom stereocenters. The van der Waals surface area contributed by atoms with Crippen LogP contribution in [-0.4, -0.2) is 29.4 Å². The minimum absolute atomic E-state index is 0.0872. The van der Waals surface area contributed by atoms with Crippen molar-refractivity contribution in [2.75, 3.05) is 7.05 Å². The van der Waals surface area contributed by atoms with Gasteiger partial charge in [0.15, 0.2) is 5.82 Å². The van der Waals surface area contributed by atoms with Crippen molar-refractivity contribution in [2.24, 2.45) is 0 Å². The summed E-state index contributed by atoms with van der Waals surface area (Å²) < 4.78 is 40.5. The van der Waals surface area contributed by atoms with E-state index in [0.717, 1.165) is 0 Å². The molecule has 0 aromatic carbocycles. The Kier molecular flexibility index (Phi) is 3.67. The van der Waals surface area contributed by atoms with Crippen LogP contribution in [0.3, 0.4) is 0 Å². The van der Waals surface area contributed by atoms with Crippen LogP contribution in [0.15, 0.2) is 4.52 Å². The number of halogens is 3. The highest BCUT2D eigenvalue weighted by atomic mass is 19.4. The molecule has 86 valence electrons. The summed E-state index contributed by atoms with van der Waals surface area (Å²) in [6, 6.07) is 0.0872. The molecule has 0 saturated heterocycles. The van der Waals surface area contributed by atoms with Crippen molar-refractivity contribution in [3.8, 4) is 0 Å². The Hall–Kier alpha value is -1.11. The number of nitrogens with zero attached hydrogens (tertiary/aromatic N) is 2. The van der Waals surface area contributed by atoms with Gasteiger partial charge in [-0.1, -0.05) is 5.16 Å². The zero-order valence-electron chi connectivity index (χ0n) is 8.43. The molecule has 0 spiro atoms. The molecule has 1 N–H and O–H groups in total. The number of nitrogens with one attached hydrogen (secondary N) is 1. The van der Waals surface area contributed by atoms with Crippen LogP contribution in [0, 0.1) is 0 Å². The van der Waals surface area contributed by atoms with Crippen LogP contribution >= 0.6 is 0 Å². The first-order chi connectivity index (χ1) is 6.90. The molecule has 1 aromatic heterocycles. The Morgan fingerprint density at radius 2 is 2.13 bits per heavy atom. The third-order valence-electron chi connectivity index (χ3n) is 1.84. The Bertz CT molecular complexity index is 310. The Morgan fingerprint density at radius 3 is 2.67 bits per heavy atom. The van der Waals surface area contributed by atoms with Crippen LogP contribution in [0.2, 0.25) is 0 Å². The maximum atomic E-state index is 11.9. The van der Waals surface area contributed by atoms with Crippen molar-refractivity contribution in [3.63, 3.8) is 0 Å². The van der Waals surface area contributed by atoms with Gasteiger partial charge in [-0.15, -0.1) is 0 Å². The lowest BCUT2D eigenvalue weighted by Crippen LogP contribution is -2.23. The third kappa shape index (κ3) is 4.28. The molecule has 15 heavy (non-hydrogen) atoms. The number of rotatable bonds is 4. The second kappa shape index (κ2) is 4.61. The predicted octanol–water partition coefficient (Wildman–Crippen LogP) is 1.32. The quantitative estimate of drug-likeness (QED) is 0.836. The number of hydrogen-bond acceptors (Lipinski definition) is 4. The molecule has 0 radical (unpaired) electrons. The highest BCUT2D eigenvalue weighted by Gasteiger charge is 2.30. The van der Waals surface area contributed by atoms with E-state index in [1.165, 1.54) is 0 Å². The average Bonchev–Trinajstić information content (AvgIpc) is 2.49. The summed E-state index contributed by atoms with van der Waals surface area (Å²) in [5, 5.41) is 6.18. The molecule has 0 aliphatic heterocycles. The highest BCUT2D eigenvalue weighted by molar-refractivity contribution is 4.90. The highest BCUT2D eigenvalue weighted by Crippen LogP contribution is 2.19. The molecular formula is C8H12F3N3O. The number of alkyl halides is 3. The topological polar surface area (TPSA) is 51.0 Å². The van der Waals surface area contributed by atoms with Gasteiger partial charge in [0.05, 0.1) is 0 Å². The van der Waals surface area contributed by atoms with Crippen LogP contribution in [0.25, 0.3) is 0 Å². The molecule has 0 amide bonds. The smallest absolute Gasteiger partial charge is 0.339 e. The Labute approximate surface area is 84.9 Å². The van der Waals surface area contributed by atoms with Gasteiger partial charge >= 0.3 is 6.18 Å². The Balaban J connectivity index is 2.56. The van der Waals surface area contributed by atoms with E-state index < -0.39 is 12.6 Å². The van der Waals surface area contributed by atoms with Crippen LogP contribution in [0.5, 0.6) is 0 Å². The molecule has 1 heterocycles. The molecule has 1 rings (SSSR count). The van der Waals surface area contributed by atoms with E-state index in [1.54, 1.807) is 7.05 Å². The molecule has 0 saturated carbocycles. The SMILES string of the molecule is CNC(C)Cc1nc(CC(F)(F)F)no1. The van der Waals surface area contributed by atoms with Crippen LogP contribution in [0.1, 0.15) is 18.6 Å². The summed E-state index contributed by atoms with van der Waals surface area (Å²) in [6.07, 6.45) is -5.03. The number of aromatic nitrogens is 2. The first kappa shape index (κ1) is 12.0. The van der Waals surface area contributed by atoms with Gasteiger partial charge in [-0.05, 0) is 14.0 Å². The largest absolute Gasteiger partial charge is 0.396 e. The van der Waals surface area contributed by atoms with E-state index in [1.807, 2.05) is 6.92 Å². The molecule has 1 aromatic rings. The van der Waals surface area contributed by atoms with Gasteiger partial charge < -0.3 is 9.84 Å². The van der Waals surface area contributed by atoms with Crippen molar-refractivity contribution < 1.29 is 17.7 Å². The monoisotopic (exact) mass is 223 g/mol. The van der Waals surface area contributed by atoms with E-state index in [4.69, 9.17) is 0 Å². The first-order valence-corrected chi connectivity index (χ1v) is 4.46. The maximum absolute atomic E-state index is 11.9. The van der Waals surface area contributed by atoms with E-state index >= 15 is 0 Å². The molecule has 0 aliphatic carbocycles.